The highest BCUT2D eigenvalue weighted by Gasteiger charge is 2.55. The van der Waals surface area contributed by atoms with Gasteiger partial charge in [-0.2, -0.15) is 0 Å². The standard InChI is InChI=1S/C14H21N3O5/c1-16-13(21)17(9-10(18)15-8-11(19)22-2)12(20)14(16)6-4-3-5-7-14/h3-9H2,1-2H3,(H,15,18). The SMILES string of the molecule is COC(=O)CNC(=O)CN1C(=O)N(C)C2(CCCCC2)C1=O. The zero-order valence-electron chi connectivity index (χ0n) is 12.9. The van der Waals surface area contributed by atoms with Crippen LogP contribution in [0.15, 0.2) is 0 Å². The molecule has 1 spiro atoms. The van der Waals surface area contributed by atoms with Gasteiger partial charge in [-0.25, -0.2) is 4.79 Å². The summed E-state index contributed by atoms with van der Waals surface area (Å²) in [5, 5.41) is 2.33. The number of esters is 1. The number of hydrogen-bond donors (Lipinski definition) is 1. The highest BCUT2D eigenvalue weighted by molar-refractivity contribution is 6.09. The molecular formula is C14H21N3O5. The lowest BCUT2D eigenvalue weighted by Gasteiger charge is -2.35. The first-order valence-electron chi connectivity index (χ1n) is 7.35. The van der Waals surface area contributed by atoms with E-state index in [1.165, 1.54) is 12.0 Å². The van der Waals surface area contributed by atoms with Gasteiger partial charge in [0.15, 0.2) is 0 Å². The molecule has 0 aromatic carbocycles. The lowest BCUT2D eigenvalue weighted by molar-refractivity contribution is -0.141. The average molecular weight is 311 g/mol. The molecule has 0 atom stereocenters. The largest absolute Gasteiger partial charge is 0.468 e. The van der Waals surface area contributed by atoms with Crippen LogP contribution in [0.2, 0.25) is 0 Å². The fourth-order valence-corrected chi connectivity index (χ4v) is 3.11. The third kappa shape index (κ3) is 2.77. The first-order valence-corrected chi connectivity index (χ1v) is 7.35. The smallest absolute Gasteiger partial charge is 0.327 e. The van der Waals surface area contributed by atoms with Crippen LogP contribution in [0.25, 0.3) is 0 Å². The lowest BCUT2D eigenvalue weighted by atomic mass is 9.81. The number of urea groups is 1. The number of nitrogens with one attached hydrogen (secondary N) is 1. The van der Waals surface area contributed by atoms with Gasteiger partial charge >= 0.3 is 12.0 Å². The van der Waals surface area contributed by atoms with Crippen molar-refractivity contribution in [1.82, 2.24) is 15.1 Å². The average Bonchev–Trinajstić information content (AvgIpc) is 2.70. The van der Waals surface area contributed by atoms with E-state index in [1.54, 1.807) is 7.05 Å². The van der Waals surface area contributed by atoms with Crippen LogP contribution in [0.1, 0.15) is 32.1 Å². The van der Waals surface area contributed by atoms with Crippen LogP contribution < -0.4 is 5.32 Å². The predicted molar refractivity (Wildman–Crippen MR) is 75.7 cm³/mol. The summed E-state index contributed by atoms with van der Waals surface area (Å²) in [5.74, 6) is -1.46. The number of methoxy groups -OCH3 is 1. The molecule has 0 bridgehead atoms. The summed E-state index contributed by atoms with van der Waals surface area (Å²) in [7, 11) is 2.82. The molecule has 122 valence electrons. The van der Waals surface area contributed by atoms with Gasteiger partial charge in [-0.05, 0) is 12.8 Å². The molecule has 0 aromatic rings. The van der Waals surface area contributed by atoms with Crippen molar-refractivity contribution in [2.75, 3.05) is 27.2 Å². The van der Waals surface area contributed by atoms with Crippen LogP contribution in [-0.4, -0.2) is 66.4 Å². The van der Waals surface area contributed by atoms with Crippen LogP contribution >= 0.6 is 0 Å². The van der Waals surface area contributed by atoms with Gasteiger partial charge in [0.25, 0.3) is 5.91 Å². The fraction of sp³-hybridized carbons (Fsp3) is 0.714. The molecule has 1 saturated carbocycles. The Kier molecular flexibility index (Phi) is 4.68. The van der Waals surface area contributed by atoms with E-state index in [1.807, 2.05) is 0 Å². The Hall–Kier alpha value is -2.12. The summed E-state index contributed by atoms with van der Waals surface area (Å²) >= 11 is 0. The summed E-state index contributed by atoms with van der Waals surface area (Å²) in [6.45, 7) is -0.659. The Balaban J connectivity index is 2.02. The number of hydrogen-bond acceptors (Lipinski definition) is 5. The van der Waals surface area contributed by atoms with Crippen LogP contribution in [0.5, 0.6) is 0 Å². The molecule has 8 nitrogen and oxygen atoms in total. The number of carbonyl (C=O) groups excluding carboxylic acids is 4. The van der Waals surface area contributed by atoms with Crippen molar-refractivity contribution in [1.29, 1.82) is 0 Å². The Morgan fingerprint density at radius 3 is 2.45 bits per heavy atom. The fourth-order valence-electron chi connectivity index (χ4n) is 3.11. The van der Waals surface area contributed by atoms with Crippen LogP contribution in [0.3, 0.4) is 0 Å². The molecule has 0 radical (unpaired) electrons. The van der Waals surface area contributed by atoms with E-state index in [-0.39, 0.29) is 19.0 Å². The van der Waals surface area contributed by atoms with Crippen molar-refractivity contribution < 1.29 is 23.9 Å². The summed E-state index contributed by atoms with van der Waals surface area (Å²) in [4.78, 5) is 50.1. The molecule has 0 unspecified atom stereocenters. The molecule has 8 heteroatoms. The van der Waals surface area contributed by atoms with E-state index in [0.29, 0.717) is 12.8 Å². The number of rotatable bonds is 4. The van der Waals surface area contributed by atoms with Crippen molar-refractivity contribution in [3.8, 4) is 0 Å². The first-order chi connectivity index (χ1) is 10.4. The van der Waals surface area contributed by atoms with Crippen molar-refractivity contribution in [3.05, 3.63) is 0 Å². The quantitative estimate of drug-likeness (QED) is 0.576. The Labute approximate surface area is 128 Å². The van der Waals surface area contributed by atoms with Crippen molar-refractivity contribution in [3.63, 3.8) is 0 Å². The van der Waals surface area contributed by atoms with E-state index in [0.717, 1.165) is 24.2 Å². The van der Waals surface area contributed by atoms with Gasteiger partial charge in [0, 0.05) is 7.05 Å². The van der Waals surface area contributed by atoms with E-state index in [9.17, 15) is 19.2 Å². The van der Waals surface area contributed by atoms with Crippen molar-refractivity contribution in [2.24, 2.45) is 0 Å². The van der Waals surface area contributed by atoms with Gasteiger partial charge in [-0.15, -0.1) is 0 Å². The van der Waals surface area contributed by atoms with E-state index in [4.69, 9.17) is 0 Å². The molecule has 1 heterocycles. The number of carbonyl (C=O) groups is 4. The van der Waals surface area contributed by atoms with Crippen molar-refractivity contribution >= 4 is 23.8 Å². The minimum Gasteiger partial charge on any atom is -0.468 e. The zero-order chi connectivity index (χ0) is 16.3. The number of amides is 4. The highest BCUT2D eigenvalue weighted by atomic mass is 16.5. The highest BCUT2D eigenvalue weighted by Crippen LogP contribution is 2.39. The van der Waals surface area contributed by atoms with E-state index in [2.05, 4.69) is 10.1 Å². The summed E-state index contributed by atoms with van der Waals surface area (Å²) in [6.07, 6.45) is 4.11. The maximum absolute atomic E-state index is 12.6. The van der Waals surface area contributed by atoms with E-state index >= 15 is 0 Å². The zero-order valence-corrected chi connectivity index (χ0v) is 12.9. The molecule has 1 N–H and O–H groups in total. The molecule has 22 heavy (non-hydrogen) atoms. The van der Waals surface area contributed by atoms with E-state index < -0.39 is 23.4 Å². The summed E-state index contributed by atoms with van der Waals surface area (Å²) in [5.41, 5.74) is -0.794. The molecular weight excluding hydrogens is 290 g/mol. The predicted octanol–water partition coefficient (Wildman–Crippen LogP) is -0.127. The van der Waals surface area contributed by atoms with Gasteiger partial charge in [0.2, 0.25) is 5.91 Å². The molecule has 0 aromatic heterocycles. The van der Waals surface area contributed by atoms with Crippen molar-refractivity contribution in [2.45, 2.75) is 37.6 Å². The second kappa shape index (κ2) is 6.33. The Bertz CT molecular complexity index is 499. The third-order valence-corrected chi connectivity index (χ3v) is 4.44. The van der Waals surface area contributed by atoms with Crippen LogP contribution in [-0.2, 0) is 19.1 Å². The second-order valence-electron chi connectivity index (χ2n) is 5.68. The van der Waals surface area contributed by atoms with Gasteiger partial charge in [-0.3, -0.25) is 19.3 Å². The maximum Gasteiger partial charge on any atom is 0.327 e. The monoisotopic (exact) mass is 311 g/mol. The Morgan fingerprint density at radius 1 is 1.23 bits per heavy atom. The van der Waals surface area contributed by atoms with Gasteiger partial charge in [0.05, 0.1) is 7.11 Å². The van der Waals surface area contributed by atoms with Gasteiger partial charge in [-0.1, -0.05) is 19.3 Å². The minimum absolute atomic E-state index is 0.285. The van der Waals surface area contributed by atoms with Crippen LogP contribution in [0, 0.1) is 0 Å². The van der Waals surface area contributed by atoms with Gasteiger partial charge < -0.3 is 15.0 Å². The molecule has 1 saturated heterocycles. The topological polar surface area (TPSA) is 96.0 Å². The summed E-state index contributed by atoms with van der Waals surface area (Å²) in [6, 6.07) is -0.458. The number of likely N-dealkylation sites (N-methyl/N-ethyl adjacent to an activating group) is 1. The summed E-state index contributed by atoms with van der Waals surface area (Å²) < 4.78 is 4.41. The molecule has 2 aliphatic rings. The molecule has 2 rings (SSSR count). The molecule has 1 aliphatic carbocycles. The number of imide groups is 1. The first kappa shape index (κ1) is 16.3. The van der Waals surface area contributed by atoms with Crippen LogP contribution in [0.4, 0.5) is 4.79 Å². The normalized spacial score (nSPS) is 20.5. The second-order valence-corrected chi connectivity index (χ2v) is 5.68. The third-order valence-electron chi connectivity index (χ3n) is 4.44. The van der Waals surface area contributed by atoms with Gasteiger partial charge in [0.1, 0.15) is 18.6 Å². The number of ether oxygens (including phenoxy) is 1. The maximum atomic E-state index is 12.6. The molecule has 1 aliphatic heterocycles. The molecule has 4 amide bonds. The lowest BCUT2D eigenvalue weighted by Crippen LogP contribution is -2.49. The minimum atomic E-state index is -0.794. The molecule has 2 fully saturated rings. The Morgan fingerprint density at radius 2 is 1.86 bits per heavy atom. The number of nitrogens with zero attached hydrogens (tertiary/aromatic N) is 2.